The van der Waals surface area contributed by atoms with Gasteiger partial charge in [-0.1, -0.05) is 54.4 Å². The molecule has 0 aromatic heterocycles. The second kappa shape index (κ2) is 12.1. The van der Waals surface area contributed by atoms with E-state index in [9.17, 15) is 9.59 Å². The molecule has 0 unspecified atom stereocenters. The van der Waals surface area contributed by atoms with E-state index in [0.717, 1.165) is 16.9 Å². The largest absolute Gasteiger partial charge is 0.354 e. The summed E-state index contributed by atoms with van der Waals surface area (Å²) in [5.74, 6) is 0.416. The van der Waals surface area contributed by atoms with Gasteiger partial charge in [0, 0.05) is 30.2 Å². The lowest BCUT2D eigenvalue weighted by molar-refractivity contribution is -0.140. The summed E-state index contributed by atoms with van der Waals surface area (Å²) in [6.45, 7) is 4.63. The van der Waals surface area contributed by atoms with Gasteiger partial charge in [0.25, 0.3) is 0 Å². The third kappa shape index (κ3) is 7.57. The van der Waals surface area contributed by atoms with Crippen LogP contribution in [-0.4, -0.2) is 35.1 Å². The smallest absolute Gasteiger partial charge is 0.242 e. The minimum absolute atomic E-state index is 0.0707. The molecule has 0 fully saturated rings. The lowest BCUT2D eigenvalue weighted by Crippen LogP contribution is -2.47. The Hall–Kier alpha value is -1.69. The lowest BCUT2D eigenvalue weighted by Gasteiger charge is -2.29. The van der Waals surface area contributed by atoms with Crippen LogP contribution in [0.4, 0.5) is 0 Å². The first-order valence-electron chi connectivity index (χ1n) is 9.61. The van der Waals surface area contributed by atoms with E-state index in [1.54, 1.807) is 35.7 Å². The van der Waals surface area contributed by atoms with Gasteiger partial charge in [-0.25, -0.2) is 0 Å². The van der Waals surface area contributed by atoms with Gasteiger partial charge < -0.3 is 10.2 Å². The number of rotatable bonds is 10. The molecule has 0 aliphatic carbocycles. The Labute approximate surface area is 187 Å². The quantitative estimate of drug-likeness (QED) is 0.489. The Bertz CT molecular complexity index is 818. The maximum atomic E-state index is 13.0. The average Bonchev–Trinajstić information content (AvgIpc) is 2.72. The van der Waals surface area contributed by atoms with Crippen molar-refractivity contribution in [2.45, 2.75) is 44.2 Å². The number of thioether (sulfide) groups is 1. The van der Waals surface area contributed by atoms with Crippen LogP contribution in [0.3, 0.4) is 0 Å². The number of carbonyl (C=O) groups excluding carboxylic acids is 2. The summed E-state index contributed by atoms with van der Waals surface area (Å²) >= 11 is 13.7. The third-order valence-corrected chi connectivity index (χ3v) is 6.13. The lowest BCUT2D eigenvalue weighted by atomic mass is 10.1. The molecule has 0 saturated carbocycles. The number of carbonyl (C=O) groups is 2. The van der Waals surface area contributed by atoms with Crippen molar-refractivity contribution in [3.8, 4) is 0 Å². The van der Waals surface area contributed by atoms with Gasteiger partial charge in [-0.2, -0.15) is 0 Å². The van der Waals surface area contributed by atoms with Crippen LogP contribution >= 0.6 is 35.0 Å². The predicted octanol–water partition coefficient (Wildman–Crippen LogP) is 5.42. The monoisotopic (exact) mass is 452 g/mol. The van der Waals surface area contributed by atoms with Crippen molar-refractivity contribution in [1.29, 1.82) is 0 Å². The average molecular weight is 453 g/mol. The summed E-state index contributed by atoms with van der Waals surface area (Å²) in [6, 6.07) is 14.6. The van der Waals surface area contributed by atoms with Crippen molar-refractivity contribution in [2.24, 2.45) is 0 Å². The molecular formula is C22H26Cl2N2O2S. The molecule has 2 aromatic carbocycles. The molecule has 0 aliphatic heterocycles. The zero-order valence-corrected chi connectivity index (χ0v) is 19.0. The summed E-state index contributed by atoms with van der Waals surface area (Å²) in [6.07, 6.45) is 1.18. The molecule has 0 saturated heterocycles. The Morgan fingerprint density at radius 2 is 1.83 bits per heavy atom. The molecule has 7 heteroatoms. The summed E-state index contributed by atoms with van der Waals surface area (Å²) < 4.78 is 0. The van der Waals surface area contributed by atoms with E-state index < -0.39 is 6.04 Å². The Morgan fingerprint density at radius 1 is 1.10 bits per heavy atom. The van der Waals surface area contributed by atoms with E-state index in [0.29, 0.717) is 35.3 Å². The first kappa shape index (κ1) is 23.6. The van der Waals surface area contributed by atoms with Crippen LogP contribution in [0.5, 0.6) is 0 Å². The van der Waals surface area contributed by atoms with Crippen molar-refractivity contribution in [3.63, 3.8) is 0 Å². The second-order valence-electron chi connectivity index (χ2n) is 6.65. The van der Waals surface area contributed by atoms with Gasteiger partial charge in [0.2, 0.25) is 11.8 Å². The number of hydrogen-bond donors (Lipinski definition) is 1. The van der Waals surface area contributed by atoms with E-state index >= 15 is 0 Å². The number of halogens is 2. The van der Waals surface area contributed by atoms with E-state index in [4.69, 9.17) is 23.2 Å². The summed E-state index contributed by atoms with van der Waals surface area (Å²) in [4.78, 5) is 28.2. The van der Waals surface area contributed by atoms with Crippen molar-refractivity contribution >= 4 is 46.8 Å². The van der Waals surface area contributed by atoms with E-state index in [1.807, 2.05) is 43.3 Å². The number of hydrogen-bond acceptors (Lipinski definition) is 3. The van der Waals surface area contributed by atoms with Crippen molar-refractivity contribution in [1.82, 2.24) is 10.2 Å². The summed E-state index contributed by atoms with van der Waals surface area (Å²) in [5.41, 5.74) is 0.832. The molecule has 2 amide bonds. The molecular weight excluding hydrogens is 427 g/mol. The fourth-order valence-corrected chi connectivity index (χ4v) is 3.91. The normalized spacial score (nSPS) is 11.7. The van der Waals surface area contributed by atoms with E-state index in [1.165, 1.54) is 0 Å². The van der Waals surface area contributed by atoms with Crippen molar-refractivity contribution in [2.75, 3.05) is 12.3 Å². The molecule has 0 bridgehead atoms. The number of amides is 2. The zero-order valence-electron chi connectivity index (χ0n) is 16.7. The van der Waals surface area contributed by atoms with Crippen LogP contribution in [0.25, 0.3) is 0 Å². The second-order valence-corrected chi connectivity index (χ2v) is 8.63. The minimum atomic E-state index is -0.578. The van der Waals surface area contributed by atoms with Crippen LogP contribution < -0.4 is 5.32 Å². The molecule has 4 nitrogen and oxygen atoms in total. The van der Waals surface area contributed by atoms with E-state index in [-0.39, 0.29) is 11.8 Å². The minimum Gasteiger partial charge on any atom is -0.354 e. The Morgan fingerprint density at radius 3 is 2.48 bits per heavy atom. The Balaban J connectivity index is 2.08. The molecule has 0 aliphatic rings. The van der Waals surface area contributed by atoms with Gasteiger partial charge in [-0.15, -0.1) is 11.8 Å². The van der Waals surface area contributed by atoms with Gasteiger partial charge in [0.1, 0.15) is 6.04 Å². The van der Waals surface area contributed by atoms with Crippen molar-refractivity contribution in [3.05, 3.63) is 64.1 Å². The van der Waals surface area contributed by atoms with Gasteiger partial charge in [0.05, 0.1) is 10.0 Å². The number of nitrogens with zero attached hydrogens (tertiary/aromatic N) is 1. The van der Waals surface area contributed by atoms with E-state index in [2.05, 4.69) is 5.32 Å². The zero-order chi connectivity index (χ0) is 21.2. The topological polar surface area (TPSA) is 49.4 Å². The van der Waals surface area contributed by atoms with Crippen LogP contribution in [0.2, 0.25) is 10.0 Å². The third-order valence-electron chi connectivity index (χ3n) is 4.38. The Kier molecular flexibility index (Phi) is 9.85. The van der Waals surface area contributed by atoms with Crippen LogP contribution in [0, 0.1) is 0 Å². The highest BCUT2D eigenvalue weighted by Gasteiger charge is 2.25. The molecule has 2 aromatic rings. The molecule has 156 valence electrons. The molecule has 1 N–H and O–H groups in total. The standard InChI is InChI=1S/C22H26Cl2N2O2S/c1-3-12-25-22(28)16(2)26(15-17-9-10-19(23)20(24)14-17)21(27)11-13-29-18-7-5-4-6-8-18/h4-10,14,16H,3,11-13,15H2,1-2H3,(H,25,28)/t16-/m0/s1. The highest BCUT2D eigenvalue weighted by Crippen LogP contribution is 2.24. The number of benzene rings is 2. The highest BCUT2D eigenvalue weighted by atomic mass is 35.5. The number of nitrogens with one attached hydrogen (secondary N) is 1. The maximum absolute atomic E-state index is 13.0. The molecule has 0 heterocycles. The molecule has 29 heavy (non-hydrogen) atoms. The fourth-order valence-electron chi connectivity index (χ4n) is 2.73. The molecule has 0 spiro atoms. The first-order chi connectivity index (χ1) is 13.9. The highest BCUT2D eigenvalue weighted by molar-refractivity contribution is 7.99. The van der Waals surface area contributed by atoms with Gasteiger partial charge in [0.15, 0.2) is 0 Å². The molecule has 2 rings (SSSR count). The predicted molar refractivity (Wildman–Crippen MR) is 122 cm³/mol. The van der Waals surface area contributed by atoms with Crippen LogP contribution in [0.1, 0.15) is 32.3 Å². The van der Waals surface area contributed by atoms with Crippen LogP contribution in [-0.2, 0) is 16.1 Å². The SMILES string of the molecule is CCCNC(=O)[C@H](C)N(Cc1ccc(Cl)c(Cl)c1)C(=O)CCSc1ccccc1. The van der Waals surface area contributed by atoms with Crippen molar-refractivity contribution < 1.29 is 9.59 Å². The molecule has 0 radical (unpaired) electrons. The summed E-state index contributed by atoms with van der Waals surface area (Å²) in [5, 5.41) is 3.76. The van der Waals surface area contributed by atoms with Gasteiger partial charge in [-0.3, -0.25) is 9.59 Å². The van der Waals surface area contributed by atoms with Crippen LogP contribution in [0.15, 0.2) is 53.4 Å². The maximum Gasteiger partial charge on any atom is 0.242 e. The van der Waals surface area contributed by atoms with Gasteiger partial charge in [-0.05, 0) is 43.2 Å². The van der Waals surface area contributed by atoms with Gasteiger partial charge >= 0.3 is 0 Å². The fraction of sp³-hybridized carbons (Fsp3) is 0.364. The molecule has 1 atom stereocenters. The summed E-state index contributed by atoms with van der Waals surface area (Å²) in [7, 11) is 0. The first-order valence-corrected chi connectivity index (χ1v) is 11.4.